The van der Waals surface area contributed by atoms with Gasteiger partial charge >= 0.3 is 0 Å². The Morgan fingerprint density at radius 3 is 2.13 bits per heavy atom. The van der Waals surface area contributed by atoms with Crippen molar-refractivity contribution in [2.24, 2.45) is 10.3 Å². The summed E-state index contributed by atoms with van der Waals surface area (Å²) in [4.78, 5) is 25.3. The number of hydrogen-bond acceptors (Lipinski definition) is 6. The van der Waals surface area contributed by atoms with E-state index in [1.807, 2.05) is 60.5 Å². The molecule has 2 unspecified atom stereocenters. The molecule has 0 radical (unpaired) electrons. The van der Waals surface area contributed by atoms with E-state index in [-0.39, 0.29) is 24.8 Å². The molecule has 9 heteroatoms. The fourth-order valence-electron chi connectivity index (χ4n) is 3.38. The first-order valence-electron chi connectivity index (χ1n) is 9.92. The van der Waals surface area contributed by atoms with Crippen molar-refractivity contribution in [3.05, 3.63) is 68.6 Å². The van der Waals surface area contributed by atoms with Crippen LogP contribution in [0.2, 0.25) is 0 Å². The molecule has 0 saturated heterocycles. The van der Waals surface area contributed by atoms with Crippen LogP contribution in [0.25, 0.3) is 0 Å². The number of benzene rings is 2. The second kappa shape index (κ2) is 9.93. The average molecular weight is 550 g/mol. The van der Waals surface area contributed by atoms with E-state index in [9.17, 15) is 4.79 Å². The molecular formula is C22H22Br2N4O3. The molecule has 2 aromatic carbocycles. The summed E-state index contributed by atoms with van der Waals surface area (Å²) in [5, 5.41) is 11.3. The number of carbonyl (C=O) groups is 1. The Kier molecular flexibility index (Phi) is 7.04. The number of hydrogen-bond donors (Lipinski definition) is 1. The lowest BCUT2D eigenvalue weighted by molar-refractivity contribution is -0.125. The SMILES string of the molecule is CN(CC(=O)NCC1CC(c2ccc(Br)cc2)=NO1)C1CC(c2ccc(Br)cc2)=NO1. The average Bonchev–Trinajstić information content (AvgIpc) is 3.44. The molecule has 2 aliphatic rings. The Balaban J connectivity index is 1.19. The molecule has 1 amide bonds. The molecule has 0 aromatic heterocycles. The Morgan fingerprint density at radius 2 is 1.52 bits per heavy atom. The molecule has 0 fully saturated rings. The largest absolute Gasteiger partial charge is 0.390 e. The van der Waals surface area contributed by atoms with Crippen molar-refractivity contribution >= 4 is 49.2 Å². The maximum atomic E-state index is 12.4. The van der Waals surface area contributed by atoms with Gasteiger partial charge in [-0.1, -0.05) is 66.4 Å². The highest BCUT2D eigenvalue weighted by molar-refractivity contribution is 9.10. The summed E-state index contributed by atoms with van der Waals surface area (Å²) in [6.07, 6.45) is 0.859. The van der Waals surface area contributed by atoms with Crippen molar-refractivity contribution in [1.29, 1.82) is 0 Å². The van der Waals surface area contributed by atoms with Crippen molar-refractivity contribution < 1.29 is 14.5 Å². The number of halogens is 2. The van der Waals surface area contributed by atoms with E-state index in [1.165, 1.54) is 0 Å². The first-order valence-corrected chi connectivity index (χ1v) is 11.5. The summed E-state index contributed by atoms with van der Waals surface area (Å²) >= 11 is 6.86. The van der Waals surface area contributed by atoms with Gasteiger partial charge in [-0.05, 0) is 42.4 Å². The zero-order valence-corrected chi connectivity index (χ0v) is 20.1. The minimum absolute atomic E-state index is 0.0936. The van der Waals surface area contributed by atoms with E-state index in [0.29, 0.717) is 19.4 Å². The molecule has 4 rings (SSSR count). The molecule has 2 atom stereocenters. The first-order chi connectivity index (χ1) is 15.0. The molecule has 31 heavy (non-hydrogen) atoms. The summed E-state index contributed by atoms with van der Waals surface area (Å²) in [5.74, 6) is -0.0936. The van der Waals surface area contributed by atoms with Gasteiger partial charge in [0.25, 0.3) is 0 Å². The molecule has 0 saturated carbocycles. The third-order valence-corrected chi connectivity index (χ3v) is 6.21. The van der Waals surface area contributed by atoms with Crippen LogP contribution in [0.5, 0.6) is 0 Å². The molecule has 0 spiro atoms. The summed E-state index contributed by atoms with van der Waals surface area (Å²) < 4.78 is 2.03. The molecule has 2 aliphatic heterocycles. The van der Waals surface area contributed by atoms with Crippen LogP contribution >= 0.6 is 31.9 Å². The fourth-order valence-corrected chi connectivity index (χ4v) is 3.90. The molecule has 2 aromatic rings. The number of oxime groups is 2. The highest BCUT2D eigenvalue weighted by Gasteiger charge is 2.28. The molecule has 7 nitrogen and oxygen atoms in total. The second-order valence-corrected chi connectivity index (χ2v) is 9.34. The van der Waals surface area contributed by atoms with Crippen molar-refractivity contribution in [1.82, 2.24) is 10.2 Å². The Hall–Kier alpha value is -2.23. The van der Waals surface area contributed by atoms with Crippen LogP contribution < -0.4 is 5.32 Å². The number of nitrogens with one attached hydrogen (secondary N) is 1. The molecule has 0 aliphatic carbocycles. The lowest BCUT2D eigenvalue weighted by Gasteiger charge is -2.21. The highest BCUT2D eigenvalue weighted by atomic mass is 79.9. The maximum absolute atomic E-state index is 12.4. The van der Waals surface area contributed by atoms with Crippen LogP contribution in [-0.4, -0.2) is 54.7 Å². The lowest BCUT2D eigenvalue weighted by atomic mass is 10.1. The van der Waals surface area contributed by atoms with Gasteiger partial charge in [-0.3, -0.25) is 9.69 Å². The van der Waals surface area contributed by atoms with Crippen LogP contribution in [0.4, 0.5) is 0 Å². The van der Waals surface area contributed by atoms with Crippen molar-refractivity contribution in [2.45, 2.75) is 25.2 Å². The molecule has 0 bridgehead atoms. The highest BCUT2D eigenvalue weighted by Crippen LogP contribution is 2.21. The number of nitrogens with zero attached hydrogens (tertiary/aromatic N) is 3. The number of likely N-dealkylation sites (N-methyl/N-ethyl adjacent to an activating group) is 1. The lowest BCUT2D eigenvalue weighted by Crippen LogP contribution is -2.42. The van der Waals surface area contributed by atoms with Gasteiger partial charge in [0.05, 0.1) is 24.5 Å². The molecule has 162 valence electrons. The zero-order valence-electron chi connectivity index (χ0n) is 16.9. The quantitative estimate of drug-likeness (QED) is 0.568. The van der Waals surface area contributed by atoms with Gasteiger partial charge in [0.15, 0.2) is 6.23 Å². The predicted octanol–water partition coefficient (Wildman–Crippen LogP) is 3.90. The van der Waals surface area contributed by atoms with Gasteiger partial charge in [-0.2, -0.15) is 0 Å². The van der Waals surface area contributed by atoms with Gasteiger partial charge in [0.1, 0.15) is 6.10 Å². The van der Waals surface area contributed by atoms with E-state index in [4.69, 9.17) is 9.68 Å². The van der Waals surface area contributed by atoms with E-state index in [0.717, 1.165) is 31.5 Å². The minimum atomic E-state index is -0.264. The summed E-state index contributed by atoms with van der Waals surface area (Å²) in [5.41, 5.74) is 3.81. The first kappa shape index (κ1) is 22.0. The van der Waals surface area contributed by atoms with Crippen LogP contribution in [0.1, 0.15) is 24.0 Å². The number of carbonyl (C=O) groups excluding carboxylic acids is 1. The fraction of sp³-hybridized carbons (Fsp3) is 0.318. The Labute approximate surface area is 197 Å². The van der Waals surface area contributed by atoms with Crippen LogP contribution in [0.15, 0.2) is 67.8 Å². The Bertz CT molecular complexity index is 993. The van der Waals surface area contributed by atoms with Crippen molar-refractivity contribution in [3.63, 3.8) is 0 Å². The number of rotatable bonds is 7. The summed E-state index contributed by atoms with van der Waals surface area (Å²) in [6.45, 7) is 0.614. The molecule has 1 N–H and O–H groups in total. The van der Waals surface area contributed by atoms with Gasteiger partial charge < -0.3 is 15.0 Å². The van der Waals surface area contributed by atoms with Gasteiger partial charge in [-0.15, -0.1) is 0 Å². The van der Waals surface area contributed by atoms with Gasteiger partial charge in [-0.25, -0.2) is 0 Å². The standard InChI is InChI=1S/C22H22Br2N4O3/c1-28(22-11-20(27-31-22)15-4-8-17(24)9-5-15)13-21(29)25-12-18-10-19(26-30-18)14-2-6-16(23)7-3-14/h2-9,18,22H,10-13H2,1H3,(H,25,29). The van der Waals surface area contributed by atoms with Crippen molar-refractivity contribution in [2.75, 3.05) is 20.1 Å². The van der Waals surface area contributed by atoms with Crippen molar-refractivity contribution in [3.8, 4) is 0 Å². The summed E-state index contributed by atoms with van der Waals surface area (Å²) in [6, 6.07) is 15.9. The van der Waals surface area contributed by atoms with Crippen LogP contribution in [-0.2, 0) is 14.5 Å². The monoisotopic (exact) mass is 548 g/mol. The maximum Gasteiger partial charge on any atom is 0.234 e. The smallest absolute Gasteiger partial charge is 0.234 e. The third-order valence-electron chi connectivity index (χ3n) is 5.15. The third kappa shape index (κ3) is 5.72. The Morgan fingerprint density at radius 1 is 0.968 bits per heavy atom. The molecule has 2 heterocycles. The zero-order chi connectivity index (χ0) is 21.8. The van der Waals surface area contributed by atoms with Crippen LogP contribution in [0, 0.1) is 0 Å². The summed E-state index contributed by atoms with van der Waals surface area (Å²) in [7, 11) is 1.85. The van der Waals surface area contributed by atoms with Crippen LogP contribution in [0.3, 0.4) is 0 Å². The van der Waals surface area contributed by atoms with E-state index >= 15 is 0 Å². The topological polar surface area (TPSA) is 75.5 Å². The predicted molar refractivity (Wildman–Crippen MR) is 126 cm³/mol. The minimum Gasteiger partial charge on any atom is -0.390 e. The second-order valence-electron chi connectivity index (χ2n) is 7.50. The number of amides is 1. The van der Waals surface area contributed by atoms with E-state index in [2.05, 4.69) is 47.5 Å². The van der Waals surface area contributed by atoms with Gasteiger partial charge in [0, 0.05) is 21.8 Å². The van der Waals surface area contributed by atoms with Gasteiger partial charge in [0.2, 0.25) is 5.91 Å². The van der Waals surface area contributed by atoms with E-state index in [1.54, 1.807) is 0 Å². The van der Waals surface area contributed by atoms with E-state index < -0.39 is 0 Å². The normalized spacial score (nSPS) is 20.1. The molecular weight excluding hydrogens is 528 g/mol.